The highest BCUT2D eigenvalue weighted by molar-refractivity contribution is 5.90. The first kappa shape index (κ1) is 25.6. The van der Waals surface area contributed by atoms with E-state index in [-0.39, 0.29) is 17.5 Å². The molecule has 39 heavy (non-hydrogen) atoms. The smallest absolute Gasteiger partial charge is 0.240 e. The van der Waals surface area contributed by atoms with Gasteiger partial charge in [-0.2, -0.15) is 0 Å². The van der Waals surface area contributed by atoms with Crippen LogP contribution in [0.4, 0.5) is 5.69 Å². The average Bonchev–Trinajstić information content (AvgIpc) is 3.39. The third-order valence-electron chi connectivity index (χ3n) is 8.68. The molecule has 0 bridgehead atoms. The van der Waals surface area contributed by atoms with E-state index in [0.717, 1.165) is 0 Å². The Kier molecular flexibility index (Phi) is 7.12. The fourth-order valence-corrected chi connectivity index (χ4v) is 6.59. The zero-order valence-corrected chi connectivity index (χ0v) is 23.6. The number of nitrogens with zero attached hydrogens (tertiary/aromatic N) is 2. The summed E-state index contributed by atoms with van der Waals surface area (Å²) in [6.07, 6.45) is 9.02. The summed E-state index contributed by atoms with van der Waals surface area (Å²) in [5, 5.41) is 0. The molecule has 0 radical (unpaired) electrons. The van der Waals surface area contributed by atoms with Crippen LogP contribution in [0.5, 0.6) is 0 Å². The fourth-order valence-electron chi connectivity index (χ4n) is 6.59. The maximum atomic E-state index is 2.73. The standard InChI is InChI=1S/C37H41N2/c1-37(2,3)31-24-25-33(28-16-8-4-9-17-28)34(26-31)39-27-38(32-22-14-7-15-23-32)35(29-18-10-5-11-19-29)36(39)30-20-12-6-13-21-30/h4-6,8-13,16-21,24-27,32,35-36H,7,14-15,22-23H2,1-3H3/q+1/t35-,36-/m0/s1. The van der Waals surface area contributed by atoms with E-state index in [1.54, 1.807) is 0 Å². The number of anilines is 1. The highest BCUT2D eigenvalue weighted by Gasteiger charge is 2.48. The zero-order valence-electron chi connectivity index (χ0n) is 23.6. The van der Waals surface area contributed by atoms with E-state index >= 15 is 0 Å². The number of rotatable bonds is 5. The van der Waals surface area contributed by atoms with E-state index in [1.165, 1.54) is 65.6 Å². The van der Waals surface area contributed by atoms with Crippen LogP contribution in [0.3, 0.4) is 0 Å². The van der Waals surface area contributed by atoms with Crippen LogP contribution in [-0.4, -0.2) is 17.0 Å². The molecule has 2 aliphatic rings. The normalized spacial score (nSPS) is 20.2. The minimum atomic E-state index is 0.0633. The second kappa shape index (κ2) is 10.8. The molecule has 1 saturated carbocycles. The number of benzene rings is 4. The molecular weight excluding hydrogens is 472 g/mol. The Morgan fingerprint density at radius 2 is 1.26 bits per heavy atom. The van der Waals surface area contributed by atoms with Crippen LogP contribution in [0.1, 0.15) is 81.6 Å². The van der Waals surface area contributed by atoms with Gasteiger partial charge in [-0.15, -0.1) is 0 Å². The van der Waals surface area contributed by atoms with Crippen molar-refractivity contribution in [3.8, 4) is 11.1 Å². The van der Waals surface area contributed by atoms with Gasteiger partial charge < -0.3 is 0 Å². The Labute approximate surface area is 234 Å². The SMILES string of the molecule is CC(C)(C)c1ccc(-c2ccccc2)c(N2C=[N+](C3CCCCC3)[C@@H](c3ccccc3)[C@@H]2c2ccccc2)c1. The quantitative estimate of drug-likeness (QED) is 0.241. The predicted octanol–water partition coefficient (Wildman–Crippen LogP) is 9.33. The van der Waals surface area contributed by atoms with Crippen molar-refractivity contribution in [1.29, 1.82) is 0 Å². The molecule has 4 aromatic carbocycles. The minimum absolute atomic E-state index is 0.0633. The molecule has 0 N–H and O–H groups in total. The van der Waals surface area contributed by atoms with Gasteiger partial charge in [-0.3, -0.25) is 4.58 Å². The van der Waals surface area contributed by atoms with E-state index in [2.05, 4.69) is 146 Å². The van der Waals surface area contributed by atoms with Crippen molar-refractivity contribution >= 4 is 12.0 Å². The first-order chi connectivity index (χ1) is 19.0. The molecule has 4 aromatic rings. The van der Waals surface area contributed by atoms with Gasteiger partial charge in [0.15, 0.2) is 12.1 Å². The van der Waals surface area contributed by atoms with Crippen molar-refractivity contribution in [2.24, 2.45) is 0 Å². The molecule has 1 heterocycles. The summed E-state index contributed by atoms with van der Waals surface area (Å²) in [5.74, 6) is 0. The zero-order chi connectivity index (χ0) is 26.8. The fraction of sp³-hybridized carbons (Fsp3) is 0.324. The molecular formula is C37H41N2+. The summed E-state index contributed by atoms with van der Waals surface area (Å²) < 4.78 is 2.73. The predicted molar refractivity (Wildman–Crippen MR) is 165 cm³/mol. The van der Waals surface area contributed by atoms with Gasteiger partial charge in [0.2, 0.25) is 6.34 Å². The first-order valence-corrected chi connectivity index (χ1v) is 14.7. The van der Waals surface area contributed by atoms with Crippen LogP contribution in [-0.2, 0) is 5.41 Å². The molecule has 1 aliphatic heterocycles. The van der Waals surface area contributed by atoms with E-state index in [0.29, 0.717) is 6.04 Å². The molecule has 0 aromatic heterocycles. The molecule has 1 aliphatic carbocycles. The maximum absolute atomic E-state index is 2.73. The lowest BCUT2D eigenvalue weighted by Gasteiger charge is -2.29. The molecule has 2 heteroatoms. The van der Waals surface area contributed by atoms with Gasteiger partial charge in [0, 0.05) is 16.7 Å². The van der Waals surface area contributed by atoms with Crippen molar-refractivity contribution < 1.29 is 4.58 Å². The van der Waals surface area contributed by atoms with Crippen LogP contribution < -0.4 is 4.90 Å². The van der Waals surface area contributed by atoms with Crippen LogP contribution in [0.15, 0.2) is 109 Å². The van der Waals surface area contributed by atoms with Crippen molar-refractivity contribution in [2.45, 2.75) is 76.4 Å². The Hall–Kier alpha value is -3.65. The molecule has 2 atom stereocenters. The summed E-state index contributed by atoms with van der Waals surface area (Å²) in [4.78, 5) is 2.61. The van der Waals surface area contributed by atoms with Crippen LogP contribution in [0.25, 0.3) is 11.1 Å². The van der Waals surface area contributed by atoms with Gasteiger partial charge in [0.1, 0.15) is 5.69 Å². The lowest BCUT2D eigenvalue weighted by molar-refractivity contribution is -0.602. The highest BCUT2D eigenvalue weighted by Crippen LogP contribution is 2.47. The first-order valence-electron chi connectivity index (χ1n) is 14.7. The molecule has 0 amide bonds. The lowest BCUT2D eigenvalue weighted by atomic mass is 9.84. The molecule has 1 fully saturated rings. The lowest BCUT2D eigenvalue weighted by Crippen LogP contribution is -2.31. The summed E-state index contributed by atoms with van der Waals surface area (Å²) in [7, 11) is 0. The van der Waals surface area contributed by atoms with E-state index in [4.69, 9.17) is 0 Å². The monoisotopic (exact) mass is 513 g/mol. The summed E-state index contributed by atoms with van der Waals surface area (Å²) >= 11 is 0. The van der Waals surface area contributed by atoms with Crippen LogP contribution >= 0.6 is 0 Å². The summed E-state index contributed by atoms with van der Waals surface area (Å²) in [6.45, 7) is 6.95. The van der Waals surface area contributed by atoms with Crippen molar-refractivity contribution in [3.05, 3.63) is 126 Å². The number of hydrogen-bond acceptors (Lipinski definition) is 1. The van der Waals surface area contributed by atoms with Crippen molar-refractivity contribution in [1.82, 2.24) is 0 Å². The second-order valence-electron chi connectivity index (χ2n) is 12.3. The molecule has 198 valence electrons. The van der Waals surface area contributed by atoms with Gasteiger partial charge in [-0.1, -0.05) is 124 Å². The van der Waals surface area contributed by atoms with Gasteiger partial charge in [0.25, 0.3) is 0 Å². The Morgan fingerprint density at radius 1 is 0.667 bits per heavy atom. The molecule has 0 saturated heterocycles. The van der Waals surface area contributed by atoms with E-state index < -0.39 is 0 Å². The Balaban J connectivity index is 1.59. The van der Waals surface area contributed by atoms with Gasteiger partial charge in [-0.05, 0) is 54.4 Å². The van der Waals surface area contributed by atoms with Crippen LogP contribution in [0.2, 0.25) is 0 Å². The Morgan fingerprint density at radius 3 is 1.87 bits per heavy atom. The van der Waals surface area contributed by atoms with Crippen molar-refractivity contribution in [2.75, 3.05) is 4.90 Å². The van der Waals surface area contributed by atoms with E-state index in [9.17, 15) is 0 Å². The average molecular weight is 514 g/mol. The number of hydrogen-bond donors (Lipinski definition) is 0. The van der Waals surface area contributed by atoms with Crippen LogP contribution in [0, 0.1) is 0 Å². The maximum Gasteiger partial charge on any atom is 0.240 e. The molecule has 2 nitrogen and oxygen atoms in total. The van der Waals surface area contributed by atoms with Gasteiger partial charge in [-0.25, -0.2) is 4.90 Å². The topological polar surface area (TPSA) is 6.25 Å². The summed E-state index contributed by atoms with van der Waals surface area (Å²) in [5.41, 5.74) is 8.03. The van der Waals surface area contributed by atoms with Gasteiger partial charge in [0.05, 0.1) is 6.04 Å². The third-order valence-corrected chi connectivity index (χ3v) is 8.68. The van der Waals surface area contributed by atoms with Gasteiger partial charge >= 0.3 is 0 Å². The summed E-state index contributed by atoms with van der Waals surface area (Å²) in [6, 6.07) is 41.4. The third kappa shape index (κ3) is 5.17. The highest BCUT2D eigenvalue weighted by atomic mass is 15.3. The van der Waals surface area contributed by atoms with Crippen molar-refractivity contribution in [3.63, 3.8) is 0 Å². The largest absolute Gasteiger partial charge is 0.254 e. The molecule has 6 rings (SSSR count). The second-order valence-corrected chi connectivity index (χ2v) is 12.3. The molecule has 0 spiro atoms. The Bertz CT molecular complexity index is 1410. The van der Waals surface area contributed by atoms with E-state index in [1.807, 2.05) is 0 Å². The molecule has 0 unspecified atom stereocenters. The minimum Gasteiger partial charge on any atom is -0.254 e.